The van der Waals surface area contributed by atoms with E-state index in [4.69, 9.17) is 11.6 Å². The Morgan fingerprint density at radius 1 is 1.22 bits per heavy atom. The van der Waals surface area contributed by atoms with Gasteiger partial charge in [-0.25, -0.2) is 0 Å². The maximum absolute atomic E-state index is 12.1. The minimum Gasteiger partial charge on any atom is -0.358 e. The van der Waals surface area contributed by atoms with Gasteiger partial charge in [0.15, 0.2) is 0 Å². The molecule has 23 heavy (non-hydrogen) atoms. The third-order valence-electron chi connectivity index (χ3n) is 4.58. The number of hydrogen-bond donors (Lipinski definition) is 1. The maximum Gasteiger partial charge on any atom is 0.223 e. The van der Waals surface area contributed by atoms with Crippen LogP contribution in [0.25, 0.3) is 10.9 Å². The van der Waals surface area contributed by atoms with Crippen molar-refractivity contribution in [3.63, 3.8) is 0 Å². The van der Waals surface area contributed by atoms with Crippen molar-refractivity contribution in [2.75, 3.05) is 13.1 Å². The number of hydrogen-bond acceptors (Lipinski definition) is 2. The Kier molecular flexibility index (Phi) is 4.71. The molecule has 2 aromatic rings. The smallest absolute Gasteiger partial charge is 0.223 e. The first-order valence-electron chi connectivity index (χ1n) is 8.08. The summed E-state index contributed by atoms with van der Waals surface area (Å²) in [6, 6.07) is 8.03. The number of aromatic nitrogens is 1. The van der Waals surface area contributed by atoms with Crippen LogP contribution in [0.3, 0.4) is 0 Å². The average molecular weight is 333 g/mol. The summed E-state index contributed by atoms with van der Waals surface area (Å²) in [5, 5.41) is 1.88. The van der Waals surface area contributed by atoms with Crippen molar-refractivity contribution in [1.82, 2.24) is 9.88 Å². The molecule has 1 N–H and O–H groups in total. The van der Waals surface area contributed by atoms with Crippen LogP contribution in [-0.4, -0.2) is 34.7 Å². The van der Waals surface area contributed by atoms with E-state index in [9.17, 15) is 9.59 Å². The van der Waals surface area contributed by atoms with Gasteiger partial charge in [-0.2, -0.15) is 0 Å². The lowest BCUT2D eigenvalue weighted by molar-refractivity contribution is -0.133. The molecule has 1 aromatic carbocycles. The third-order valence-corrected chi connectivity index (χ3v) is 4.82. The number of ketones is 1. The zero-order valence-corrected chi connectivity index (χ0v) is 14.0. The SMILES string of the molecule is CC(=O)CCC(=O)N1CCC(c2cc3cc(Cl)ccc3[nH]2)CC1. The van der Waals surface area contributed by atoms with E-state index in [1.165, 1.54) is 12.6 Å². The fourth-order valence-corrected chi connectivity index (χ4v) is 3.41. The number of amides is 1. The molecule has 2 heterocycles. The van der Waals surface area contributed by atoms with E-state index in [0.29, 0.717) is 18.8 Å². The van der Waals surface area contributed by atoms with E-state index in [-0.39, 0.29) is 11.7 Å². The van der Waals surface area contributed by atoms with Crippen LogP contribution in [0.15, 0.2) is 24.3 Å². The summed E-state index contributed by atoms with van der Waals surface area (Å²) in [5.74, 6) is 0.616. The molecule has 1 aliphatic rings. The highest BCUT2D eigenvalue weighted by molar-refractivity contribution is 6.31. The number of piperidine rings is 1. The van der Waals surface area contributed by atoms with E-state index < -0.39 is 0 Å². The number of nitrogens with zero attached hydrogens (tertiary/aromatic N) is 1. The number of carbonyl (C=O) groups is 2. The van der Waals surface area contributed by atoms with Crippen molar-refractivity contribution >= 4 is 34.2 Å². The van der Waals surface area contributed by atoms with Crippen LogP contribution < -0.4 is 0 Å². The lowest BCUT2D eigenvalue weighted by Gasteiger charge is -2.31. The summed E-state index contributed by atoms with van der Waals surface area (Å²) >= 11 is 6.04. The highest BCUT2D eigenvalue weighted by atomic mass is 35.5. The first-order valence-corrected chi connectivity index (χ1v) is 8.46. The van der Waals surface area contributed by atoms with Crippen LogP contribution >= 0.6 is 11.6 Å². The van der Waals surface area contributed by atoms with Gasteiger partial charge in [0, 0.05) is 53.5 Å². The van der Waals surface area contributed by atoms with E-state index >= 15 is 0 Å². The monoisotopic (exact) mass is 332 g/mol. The Bertz CT molecular complexity index is 730. The van der Waals surface area contributed by atoms with Gasteiger partial charge < -0.3 is 14.7 Å². The lowest BCUT2D eigenvalue weighted by Crippen LogP contribution is -2.38. The van der Waals surface area contributed by atoms with E-state index in [2.05, 4.69) is 11.1 Å². The van der Waals surface area contributed by atoms with Gasteiger partial charge in [0.2, 0.25) is 5.91 Å². The second-order valence-electron chi connectivity index (χ2n) is 6.31. The Morgan fingerprint density at radius 3 is 2.65 bits per heavy atom. The number of fused-ring (bicyclic) bond motifs is 1. The van der Waals surface area contributed by atoms with Gasteiger partial charge in [-0.1, -0.05) is 11.6 Å². The van der Waals surface area contributed by atoms with Crippen LogP contribution in [-0.2, 0) is 9.59 Å². The van der Waals surface area contributed by atoms with Crippen molar-refractivity contribution in [1.29, 1.82) is 0 Å². The standard InChI is InChI=1S/C18H21ClN2O2/c1-12(22)2-5-18(23)21-8-6-13(7-9-21)17-11-14-10-15(19)3-4-16(14)20-17/h3-4,10-11,13,20H,2,5-9H2,1H3. The molecule has 0 spiro atoms. The molecule has 4 nitrogen and oxygen atoms in total. The normalized spacial score (nSPS) is 16.0. The van der Waals surface area contributed by atoms with Crippen molar-refractivity contribution < 1.29 is 9.59 Å². The van der Waals surface area contributed by atoms with Gasteiger partial charge in [-0.3, -0.25) is 4.79 Å². The molecule has 1 saturated heterocycles. The molecule has 1 aliphatic heterocycles. The number of nitrogens with one attached hydrogen (secondary N) is 1. The molecule has 0 radical (unpaired) electrons. The zero-order valence-electron chi connectivity index (χ0n) is 13.3. The first kappa shape index (κ1) is 16.1. The minimum atomic E-state index is 0.0740. The van der Waals surface area contributed by atoms with Gasteiger partial charge in [0.05, 0.1) is 0 Å². The summed E-state index contributed by atoms with van der Waals surface area (Å²) in [6.07, 6.45) is 2.59. The van der Waals surface area contributed by atoms with Gasteiger partial charge in [0.25, 0.3) is 0 Å². The third kappa shape index (κ3) is 3.75. The van der Waals surface area contributed by atoms with Crippen LogP contribution in [0.2, 0.25) is 5.02 Å². The number of halogens is 1. The summed E-state index contributed by atoms with van der Waals surface area (Å²) < 4.78 is 0. The highest BCUT2D eigenvalue weighted by Gasteiger charge is 2.24. The van der Waals surface area contributed by atoms with Gasteiger partial charge in [-0.05, 0) is 44.0 Å². The molecular weight excluding hydrogens is 312 g/mol. The number of benzene rings is 1. The average Bonchev–Trinajstić information content (AvgIpc) is 2.95. The number of carbonyl (C=O) groups excluding carboxylic acids is 2. The Balaban J connectivity index is 1.61. The Labute approximate surface area is 140 Å². The predicted molar refractivity (Wildman–Crippen MR) is 91.8 cm³/mol. The van der Waals surface area contributed by atoms with Crippen molar-refractivity contribution in [2.24, 2.45) is 0 Å². The second kappa shape index (κ2) is 6.75. The molecule has 5 heteroatoms. The minimum absolute atomic E-state index is 0.0740. The molecule has 0 atom stereocenters. The summed E-state index contributed by atoms with van der Waals surface area (Å²) in [4.78, 5) is 28.4. The predicted octanol–water partition coefficient (Wildman–Crippen LogP) is 3.90. The second-order valence-corrected chi connectivity index (χ2v) is 6.75. The maximum atomic E-state index is 12.1. The molecule has 1 aromatic heterocycles. The molecule has 0 saturated carbocycles. The number of Topliss-reactive ketones (excluding diaryl/α,β-unsaturated/α-hetero) is 1. The van der Waals surface area contributed by atoms with Crippen molar-refractivity contribution in [2.45, 2.75) is 38.5 Å². The van der Waals surface area contributed by atoms with Crippen molar-refractivity contribution in [3.05, 3.63) is 35.0 Å². The number of likely N-dealkylation sites (tertiary alicyclic amines) is 1. The largest absolute Gasteiger partial charge is 0.358 e. The summed E-state index contributed by atoms with van der Waals surface area (Å²) in [7, 11) is 0. The van der Waals surface area contributed by atoms with Crippen molar-refractivity contribution in [3.8, 4) is 0 Å². The fourth-order valence-electron chi connectivity index (χ4n) is 3.23. The van der Waals surface area contributed by atoms with E-state index in [1.54, 1.807) is 0 Å². The van der Waals surface area contributed by atoms with E-state index in [0.717, 1.165) is 41.9 Å². The fraction of sp³-hybridized carbons (Fsp3) is 0.444. The Hall–Kier alpha value is -1.81. The van der Waals surface area contributed by atoms with E-state index in [1.807, 2.05) is 23.1 Å². The van der Waals surface area contributed by atoms with Crippen LogP contribution in [0.4, 0.5) is 0 Å². The quantitative estimate of drug-likeness (QED) is 0.923. The molecule has 122 valence electrons. The molecule has 0 aliphatic carbocycles. The highest BCUT2D eigenvalue weighted by Crippen LogP contribution is 2.31. The number of rotatable bonds is 4. The summed E-state index contributed by atoms with van der Waals surface area (Å²) in [6.45, 7) is 3.05. The molecule has 1 fully saturated rings. The zero-order chi connectivity index (χ0) is 16.4. The van der Waals surface area contributed by atoms with Crippen LogP contribution in [0, 0.1) is 0 Å². The molecule has 0 unspecified atom stereocenters. The first-order chi connectivity index (χ1) is 11.0. The number of aromatic amines is 1. The molecule has 3 rings (SSSR count). The Morgan fingerprint density at radius 2 is 1.96 bits per heavy atom. The van der Waals surface area contributed by atoms with Crippen LogP contribution in [0.5, 0.6) is 0 Å². The molecular formula is C18H21ClN2O2. The van der Waals surface area contributed by atoms with Crippen LogP contribution in [0.1, 0.15) is 44.2 Å². The summed E-state index contributed by atoms with van der Waals surface area (Å²) in [5.41, 5.74) is 2.32. The van der Waals surface area contributed by atoms with Gasteiger partial charge >= 0.3 is 0 Å². The molecule has 0 bridgehead atoms. The topological polar surface area (TPSA) is 53.2 Å². The molecule has 1 amide bonds. The van der Waals surface area contributed by atoms with Gasteiger partial charge in [0.1, 0.15) is 5.78 Å². The van der Waals surface area contributed by atoms with Gasteiger partial charge in [-0.15, -0.1) is 0 Å². The number of H-pyrrole nitrogens is 1. The lowest BCUT2D eigenvalue weighted by atomic mass is 9.93.